The maximum atomic E-state index is 12.5. The topological polar surface area (TPSA) is 104 Å². The van der Waals surface area contributed by atoms with Gasteiger partial charge in [-0.1, -0.05) is 11.6 Å². The molecule has 0 saturated carbocycles. The lowest BCUT2D eigenvalue weighted by Gasteiger charge is -2.31. The molecular weight excluding hydrogens is 402 g/mol. The lowest BCUT2D eigenvalue weighted by Crippen LogP contribution is -2.49. The number of nitrogens with zero attached hydrogens (tertiary/aromatic N) is 2. The fraction of sp³-hybridized carbons (Fsp3) is 0.533. The van der Waals surface area contributed by atoms with E-state index in [4.69, 9.17) is 11.6 Å². The van der Waals surface area contributed by atoms with Crippen molar-refractivity contribution in [1.82, 2.24) is 13.9 Å². The van der Waals surface area contributed by atoms with Crippen LogP contribution in [-0.4, -0.2) is 70.8 Å². The molecule has 2 rings (SSSR count). The van der Waals surface area contributed by atoms with Gasteiger partial charge in [-0.3, -0.25) is 4.79 Å². The molecule has 1 fully saturated rings. The van der Waals surface area contributed by atoms with Gasteiger partial charge in [0.25, 0.3) is 5.91 Å². The first-order chi connectivity index (χ1) is 11.9. The Bertz CT molecular complexity index is 900. The second-order valence-electron chi connectivity index (χ2n) is 6.37. The van der Waals surface area contributed by atoms with Crippen LogP contribution in [0.25, 0.3) is 0 Å². The zero-order valence-corrected chi connectivity index (χ0v) is 17.2. The third kappa shape index (κ3) is 4.74. The minimum absolute atomic E-state index is 0.0242. The smallest absolute Gasteiger partial charge is 0.251 e. The summed E-state index contributed by atoms with van der Waals surface area (Å²) in [6, 6.07) is 3.68. The summed E-state index contributed by atoms with van der Waals surface area (Å²) < 4.78 is 50.3. The Morgan fingerprint density at radius 1 is 1.27 bits per heavy atom. The molecule has 1 aliphatic heterocycles. The molecule has 1 unspecified atom stereocenters. The average Bonchev–Trinajstić information content (AvgIpc) is 2.54. The summed E-state index contributed by atoms with van der Waals surface area (Å²) in [5.74, 6) is -0.475. The summed E-state index contributed by atoms with van der Waals surface area (Å²) in [4.78, 5) is 12.3. The maximum absolute atomic E-state index is 12.5. The molecule has 146 valence electrons. The predicted molar refractivity (Wildman–Crippen MR) is 99.2 cm³/mol. The van der Waals surface area contributed by atoms with E-state index in [0.717, 1.165) is 10.6 Å². The van der Waals surface area contributed by atoms with Gasteiger partial charge < -0.3 is 5.32 Å². The maximum Gasteiger partial charge on any atom is 0.251 e. The van der Waals surface area contributed by atoms with Crippen LogP contribution in [-0.2, 0) is 20.0 Å². The summed E-state index contributed by atoms with van der Waals surface area (Å²) in [6.45, 7) is 0.623. The molecule has 26 heavy (non-hydrogen) atoms. The van der Waals surface area contributed by atoms with Crippen LogP contribution >= 0.6 is 11.6 Å². The lowest BCUT2D eigenvalue weighted by molar-refractivity contribution is 0.0921. The van der Waals surface area contributed by atoms with Crippen molar-refractivity contribution in [2.24, 2.45) is 0 Å². The van der Waals surface area contributed by atoms with Gasteiger partial charge in [0.15, 0.2) is 0 Å². The van der Waals surface area contributed by atoms with Gasteiger partial charge in [-0.25, -0.2) is 25.4 Å². The van der Waals surface area contributed by atoms with Crippen molar-refractivity contribution in [3.63, 3.8) is 0 Å². The largest absolute Gasteiger partial charge is 0.348 e. The molecule has 1 N–H and O–H groups in total. The van der Waals surface area contributed by atoms with E-state index in [1.165, 1.54) is 36.6 Å². The Labute approximate surface area is 159 Å². The number of nitrogens with one attached hydrogen (secondary N) is 1. The van der Waals surface area contributed by atoms with E-state index in [1.807, 2.05) is 0 Å². The molecule has 1 heterocycles. The van der Waals surface area contributed by atoms with Gasteiger partial charge in [0.2, 0.25) is 20.0 Å². The quantitative estimate of drug-likeness (QED) is 0.752. The number of halogens is 1. The average molecular weight is 424 g/mol. The molecule has 0 aromatic heterocycles. The Hall–Kier alpha value is -1.20. The number of sulfonamides is 2. The molecule has 1 aromatic rings. The van der Waals surface area contributed by atoms with Gasteiger partial charge in [-0.15, -0.1) is 0 Å². The van der Waals surface area contributed by atoms with Crippen LogP contribution in [0.15, 0.2) is 23.1 Å². The predicted octanol–water partition coefficient (Wildman–Crippen LogP) is 0.744. The number of hydrogen-bond donors (Lipinski definition) is 1. The van der Waals surface area contributed by atoms with Crippen molar-refractivity contribution in [3.05, 3.63) is 28.8 Å². The van der Waals surface area contributed by atoms with Crippen molar-refractivity contribution >= 4 is 37.6 Å². The Morgan fingerprint density at radius 2 is 1.92 bits per heavy atom. The van der Waals surface area contributed by atoms with E-state index in [0.29, 0.717) is 19.4 Å². The lowest BCUT2D eigenvalue weighted by atomic mass is 10.1. The van der Waals surface area contributed by atoms with E-state index in [1.54, 1.807) is 0 Å². The number of benzene rings is 1. The van der Waals surface area contributed by atoms with Crippen molar-refractivity contribution < 1.29 is 21.6 Å². The number of amides is 1. The van der Waals surface area contributed by atoms with Crippen molar-refractivity contribution in [1.29, 1.82) is 0 Å². The summed E-state index contributed by atoms with van der Waals surface area (Å²) in [5, 5.41) is 2.79. The highest BCUT2D eigenvalue weighted by atomic mass is 35.5. The van der Waals surface area contributed by atoms with Crippen LogP contribution in [0.5, 0.6) is 0 Å². The van der Waals surface area contributed by atoms with Crippen LogP contribution in [0, 0.1) is 0 Å². The zero-order chi connectivity index (χ0) is 19.7. The number of hydrogen-bond acceptors (Lipinski definition) is 5. The molecular formula is C15H22ClN3O5S2. The standard InChI is InChI=1S/C15H22ClN3O5S2/c1-18(2)26(23,24)14-9-11(6-7-13(14)16)15(20)17-12-5-4-8-19(10-12)25(3,21)22/h6-7,9,12H,4-5,8,10H2,1-3H3,(H,17,20). The Kier molecular flexibility index (Phi) is 6.34. The third-order valence-electron chi connectivity index (χ3n) is 4.14. The second-order valence-corrected chi connectivity index (χ2v) is 10.9. The van der Waals surface area contributed by atoms with Gasteiger partial charge in [0.1, 0.15) is 4.90 Å². The molecule has 0 radical (unpaired) electrons. The summed E-state index contributed by atoms with van der Waals surface area (Å²) in [6.07, 6.45) is 2.42. The van der Waals surface area contributed by atoms with E-state index < -0.39 is 26.0 Å². The summed E-state index contributed by atoms with van der Waals surface area (Å²) >= 11 is 5.98. The van der Waals surface area contributed by atoms with Crippen LogP contribution < -0.4 is 5.32 Å². The van der Waals surface area contributed by atoms with Crippen molar-refractivity contribution in [3.8, 4) is 0 Å². The van der Waals surface area contributed by atoms with E-state index in [-0.39, 0.29) is 28.1 Å². The molecule has 8 nitrogen and oxygen atoms in total. The highest BCUT2D eigenvalue weighted by Gasteiger charge is 2.28. The fourth-order valence-electron chi connectivity index (χ4n) is 2.67. The molecule has 1 amide bonds. The molecule has 0 spiro atoms. The van der Waals surface area contributed by atoms with Gasteiger partial charge in [-0.05, 0) is 31.0 Å². The third-order valence-corrected chi connectivity index (χ3v) is 7.71. The molecule has 1 aliphatic rings. The molecule has 0 aliphatic carbocycles. The highest BCUT2D eigenvalue weighted by molar-refractivity contribution is 7.89. The van der Waals surface area contributed by atoms with Gasteiger partial charge in [0.05, 0.1) is 11.3 Å². The first kappa shape index (κ1) is 21.1. The van der Waals surface area contributed by atoms with E-state index in [2.05, 4.69) is 5.32 Å². The Morgan fingerprint density at radius 3 is 2.50 bits per heavy atom. The molecule has 1 atom stereocenters. The van der Waals surface area contributed by atoms with Gasteiger partial charge in [0, 0.05) is 38.8 Å². The van der Waals surface area contributed by atoms with Gasteiger partial charge >= 0.3 is 0 Å². The first-order valence-corrected chi connectivity index (χ1v) is 11.6. The number of carbonyl (C=O) groups excluding carboxylic acids is 1. The molecule has 11 heteroatoms. The SMILES string of the molecule is CN(C)S(=O)(=O)c1cc(C(=O)NC2CCCN(S(C)(=O)=O)C2)ccc1Cl. The molecule has 1 saturated heterocycles. The number of carbonyl (C=O) groups is 1. The van der Waals surface area contributed by atoms with Crippen LogP contribution in [0.4, 0.5) is 0 Å². The van der Waals surface area contributed by atoms with E-state index >= 15 is 0 Å². The molecule has 0 bridgehead atoms. The second kappa shape index (κ2) is 7.81. The normalized spacial score (nSPS) is 19.5. The minimum Gasteiger partial charge on any atom is -0.348 e. The van der Waals surface area contributed by atoms with Gasteiger partial charge in [-0.2, -0.15) is 0 Å². The summed E-state index contributed by atoms with van der Waals surface area (Å²) in [7, 11) is -4.36. The van der Waals surface area contributed by atoms with Crippen molar-refractivity contribution in [2.45, 2.75) is 23.8 Å². The first-order valence-electron chi connectivity index (χ1n) is 7.91. The molecule has 1 aromatic carbocycles. The van der Waals surface area contributed by atoms with Crippen LogP contribution in [0.2, 0.25) is 5.02 Å². The number of piperidine rings is 1. The van der Waals surface area contributed by atoms with E-state index in [9.17, 15) is 21.6 Å². The summed E-state index contributed by atoms with van der Waals surface area (Å²) in [5.41, 5.74) is 0.145. The highest BCUT2D eigenvalue weighted by Crippen LogP contribution is 2.25. The number of rotatable bonds is 5. The fourth-order valence-corrected chi connectivity index (χ4v) is 4.97. The monoisotopic (exact) mass is 423 g/mol. The minimum atomic E-state index is -3.79. The zero-order valence-electron chi connectivity index (χ0n) is 14.8. The Balaban J connectivity index is 2.20. The van der Waals surface area contributed by atoms with Crippen LogP contribution in [0.1, 0.15) is 23.2 Å². The van der Waals surface area contributed by atoms with Crippen molar-refractivity contribution in [2.75, 3.05) is 33.4 Å². The van der Waals surface area contributed by atoms with Crippen LogP contribution in [0.3, 0.4) is 0 Å².